The van der Waals surface area contributed by atoms with Crippen LogP contribution in [-0.4, -0.2) is 53.7 Å². The highest BCUT2D eigenvalue weighted by Crippen LogP contribution is 2.24. The van der Waals surface area contributed by atoms with Gasteiger partial charge in [0.15, 0.2) is 17.1 Å². The average molecular weight is 446 g/mol. The van der Waals surface area contributed by atoms with E-state index in [0.717, 1.165) is 42.8 Å². The van der Waals surface area contributed by atoms with Crippen LogP contribution in [0.1, 0.15) is 24.2 Å². The maximum atomic E-state index is 6.18. The molecule has 0 aromatic carbocycles. The Morgan fingerprint density at radius 2 is 1.91 bits per heavy atom. The average Bonchev–Trinajstić information content (AvgIpc) is 3.59. The molecule has 2 N–H and O–H groups in total. The first-order chi connectivity index (χ1) is 16.2. The Hall–Kier alpha value is -3.83. The molecule has 1 fully saturated rings. The smallest absolute Gasteiger partial charge is 0.225 e. The van der Waals surface area contributed by atoms with Crippen molar-refractivity contribution in [2.24, 2.45) is 0 Å². The normalized spacial score (nSPS) is 15.0. The number of nitrogens with zero attached hydrogens (tertiary/aromatic N) is 7. The molecule has 1 aliphatic rings. The number of nitrogens with two attached hydrogens (primary N) is 1. The summed E-state index contributed by atoms with van der Waals surface area (Å²) in [6, 6.07) is 9.48. The third-order valence-corrected chi connectivity index (χ3v) is 5.65. The van der Waals surface area contributed by atoms with E-state index in [-0.39, 0.29) is 12.1 Å². The second kappa shape index (κ2) is 8.26. The molecule has 6 heterocycles. The van der Waals surface area contributed by atoms with Crippen LogP contribution >= 0.6 is 0 Å². The van der Waals surface area contributed by atoms with E-state index < -0.39 is 0 Å². The SMILES string of the molecule is Nc1nc2c(cnn2Cc2cccc(COC3CCOCC3)n2)c2nc(-c3ccco3)nn12. The van der Waals surface area contributed by atoms with Crippen molar-refractivity contribution in [3.63, 3.8) is 0 Å². The maximum Gasteiger partial charge on any atom is 0.225 e. The highest BCUT2D eigenvalue weighted by molar-refractivity contribution is 5.90. The van der Waals surface area contributed by atoms with Crippen molar-refractivity contribution in [3.05, 3.63) is 54.2 Å². The van der Waals surface area contributed by atoms with E-state index in [0.29, 0.717) is 36.0 Å². The van der Waals surface area contributed by atoms with Crippen molar-refractivity contribution in [1.29, 1.82) is 0 Å². The van der Waals surface area contributed by atoms with Crippen LogP contribution in [-0.2, 0) is 22.6 Å². The number of anilines is 1. The predicted molar refractivity (Wildman–Crippen MR) is 118 cm³/mol. The van der Waals surface area contributed by atoms with E-state index in [9.17, 15) is 0 Å². The molecule has 0 bridgehead atoms. The van der Waals surface area contributed by atoms with Crippen molar-refractivity contribution in [1.82, 2.24) is 34.3 Å². The summed E-state index contributed by atoms with van der Waals surface area (Å²) in [5.74, 6) is 1.21. The largest absolute Gasteiger partial charge is 0.461 e. The Labute approximate surface area is 188 Å². The van der Waals surface area contributed by atoms with E-state index >= 15 is 0 Å². The standard InChI is InChI=1S/C22H22N8O3/c23-22-27-20-17(21-26-19(28-30(21)22)18-5-2-8-32-18)11-24-29(20)12-14-3-1-4-15(25-14)13-33-16-6-9-31-10-7-16/h1-5,8,11,16H,6-7,9-10,12-13H2,(H2,23,27). The lowest BCUT2D eigenvalue weighted by Crippen LogP contribution is -2.23. The number of furan rings is 1. The minimum absolute atomic E-state index is 0.219. The number of aromatic nitrogens is 7. The van der Waals surface area contributed by atoms with Crippen molar-refractivity contribution in [2.45, 2.75) is 32.1 Å². The second-order valence-corrected chi connectivity index (χ2v) is 7.90. The van der Waals surface area contributed by atoms with Crippen molar-refractivity contribution in [2.75, 3.05) is 18.9 Å². The number of hydrogen-bond acceptors (Lipinski definition) is 9. The molecule has 6 rings (SSSR count). The van der Waals surface area contributed by atoms with Crippen LogP contribution in [0.15, 0.2) is 47.2 Å². The molecule has 33 heavy (non-hydrogen) atoms. The highest BCUT2D eigenvalue weighted by Gasteiger charge is 2.18. The molecule has 5 aromatic heterocycles. The molecule has 0 atom stereocenters. The Morgan fingerprint density at radius 3 is 2.76 bits per heavy atom. The lowest BCUT2D eigenvalue weighted by Gasteiger charge is -2.22. The zero-order valence-corrected chi connectivity index (χ0v) is 17.8. The number of fused-ring (bicyclic) bond motifs is 3. The summed E-state index contributed by atoms with van der Waals surface area (Å²) in [7, 11) is 0. The minimum atomic E-state index is 0.219. The topological polar surface area (TPSA) is 131 Å². The van der Waals surface area contributed by atoms with Gasteiger partial charge in [0.05, 0.1) is 48.5 Å². The fourth-order valence-electron chi connectivity index (χ4n) is 3.98. The molecule has 0 saturated carbocycles. The molecule has 0 aliphatic carbocycles. The monoisotopic (exact) mass is 446 g/mol. The summed E-state index contributed by atoms with van der Waals surface area (Å²) < 4.78 is 20.1. The van der Waals surface area contributed by atoms with E-state index in [2.05, 4.69) is 20.2 Å². The van der Waals surface area contributed by atoms with Crippen LogP contribution in [0.4, 0.5) is 5.95 Å². The Bertz CT molecular complexity index is 1400. The van der Waals surface area contributed by atoms with Gasteiger partial charge in [0.1, 0.15) is 0 Å². The fraction of sp³-hybridized carbons (Fsp3) is 0.318. The van der Waals surface area contributed by atoms with Gasteiger partial charge in [-0.2, -0.15) is 14.6 Å². The van der Waals surface area contributed by atoms with Gasteiger partial charge < -0.3 is 19.6 Å². The number of hydrogen-bond donors (Lipinski definition) is 1. The minimum Gasteiger partial charge on any atom is -0.461 e. The summed E-state index contributed by atoms with van der Waals surface area (Å²) in [6.07, 6.45) is 5.36. The lowest BCUT2D eigenvalue weighted by molar-refractivity contribution is -0.0399. The van der Waals surface area contributed by atoms with Gasteiger partial charge in [-0.15, -0.1) is 5.10 Å². The van der Waals surface area contributed by atoms with E-state index in [1.54, 1.807) is 29.3 Å². The van der Waals surface area contributed by atoms with Gasteiger partial charge in [-0.1, -0.05) is 6.07 Å². The Balaban J connectivity index is 1.27. The zero-order valence-electron chi connectivity index (χ0n) is 17.8. The van der Waals surface area contributed by atoms with E-state index in [1.165, 1.54) is 4.52 Å². The predicted octanol–water partition coefficient (Wildman–Crippen LogP) is 2.46. The molecular weight excluding hydrogens is 424 g/mol. The quantitative estimate of drug-likeness (QED) is 0.418. The molecule has 1 saturated heterocycles. The number of pyridine rings is 1. The van der Waals surface area contributed by atoms with E-state index in [1.807, 2.05) is 18.2 Å². The first kappa shape index (κ1) is 19.8. The molecule has 0 spiro atoms. The van der Waals surface area contributed by atoms with Gasteiger partial charge in [0.2, 0.25) is 11.8 Å². The molecular formula is C22H22N8O3. The van der Waals surface area contributed by atoms with Crippen LogP contribution in [0.2, 0.25) is 0 Å². The molecule has 0 radical (unpaired) electrons. The van der Waals surface area contributed by atoms with Crippen LogP contribution in [0.3, 0.4) is 0 Å². The van der Waals surface area contributed by atoms with Crippen LogP contribution < -0.4 is 5.73 Å². The van der Waals surface area contributed by atoms with Gasteiger partial charge in [-0.25, -0.2) is 9.67 Å². The van der Waals surface area contributed by atoms with E-state index in [4.69, 9.17) is 24.6 Å². The van der Waals surface area contributed by atoms with Crippen LogP contribution in [0.25, 0.3) is 28.3 Å². The summed E-state index contributed by atoms with van der Waals surface area (Å²) in [6.45, 7) is 2.42. The number of ether oxygens (including phenoxy) is 2. The first-order valence-corrected chi connectivity index (χ1v) is 10.8. The number of rotatable bonds is 6. The Morgan fingerprint density at radius 1 is 1.03 bits per heavy atom. The van der Waals surface area contributed by atoms with Crippen molar-refractivity contribution < 1.29 is 13.9 Å². The van der Waals surface area contributed by atoms with Crippen molar-refractivity contribution in [3.8, 4) is 11.6 Å². The third-order valence-electron chi connectivity index (χ3n) is 5.65. The first-order valence-electron chi connectivity index (χ1n) is 10.8. The summed E-state index contributed by atoms with van der Waals surface area (Å²) >= 11 is 0. The molecule has 11 nitrogen and oxygen atoms in total. The van der Waals surface area contributed by atoms with Crippen molar-refractivity contribution >= 4 is 22.6 Å². The Kier molecular flexibility index (Phi) is 4.96. The zero-order chi connectivity index (χ0) is 22.2. The second-order valence-electron chi connectivity index (χ2n) is 7.90. The fourth-order valence-corrected chi connectivity index (χ4v) is 3.98. The molecule has 168 valence electrons. The van der Waals surface area contributed by atoms with Gasteiger partial charge in [-0.05, 0) is 37.1 Å². The molecule has 1 aliphatic heterocycles. The summed E-state index contributed by atoms with van der Waals surface area (Å²) in [4.78, 5) is 13.8. The molecule has 5 aromatic rings. The van der Waals surface area contributed by atoms with Gasteiger partial charge in [-0.3, -0.25) is 4.98 Å². The third kappa shape index (κ3) is 3.81. The number of nitrogen functional groups attached to an aromatic ring is 1. The maximum absolute atomic E-state index is 6.18. The van der Waals surface area contributed by atoms with Gasteiger partial charge >= 0.3 is 0 Å². The summed E-state index contributed by atoms with van der Waals surface area (Å²) in [5.41, 5.74) is 9.10. The van der Waals surface area contributed by atoms with Crippen LogP contribution in [0.5, 0.6) is 0 Å². The van der Waals surface area contributed by atoms with Crippen LogP contribution in [0, 0.1) is 0 Å². The molecule has 11 heteroatoms. The molecule has 0 amide bonds. The van der Waals surface area contributed by atoms with Gasteiger partial charge in [0.25, 0.3) is 0 Å². The van der Waals surface area contributed by atoms with Gasteiger partial charge in [0, 0.05) is 13.2 Å². The summed E-state index contributed by atoms with van der Waals surface area (Å²) in [5, 5.41) is 9.68. The highest BCUT2D eigenvalue weighted by atomic mass is 16.5. The molecule has 0 unspecified atom stereocenters. The lowest BCUT2D eigenvalue weighted by atomic mass is 10.1.